The number of aromatic amines is 1. The maximum absolute atomic E-state index is 12.4. The molecule has 2 aromatic carbocycles. The Morgan fingerprint density at radius 1 is 1.15 bits per heavy atom. The predicted molar refractivity (Wildman–Crippen MR) is 109 cm³/mol. The zero-order chi connectivity index (χ0) is 18.2. The third-order valence-electron chi connectivity index (χ3n) is 4.58. The standard InChI is InChI=1S/C21H16N4OS/c26-20(11-15-12-22-18-4-2-1-3-17(15)18)23-16-7-5-14(6-8-16)19-13-25-9-10-27-21(25)24-19/h1-10,12-13,22H,11H2,(H,23,26). The van der Waals surface area contributed by atoms with Gasteiger partial charge in [-0.05, 0) is 23.8 Å². The maximum atomic E-state index is 12.4. The molecule has 0 atom stereocenters. The number of thiazole rings is 1. The maximum Gasteiger partial charge on any atom is 0.228 e. The van der Waals surface area contributed by atoms with Crippen molar-refractivity contribution in [3.05, 3.63) is 78.1 Å². The molecule has 2 N–H and O–H groups in total. The SMILES string of the molecule is O=C(Cc1c[nH]c2ccccc12)Nc1ccc(-c2cn3ccsc3n2)cc1. The Labute approximate surface area is 159 Å². The summed E-state index contributed by atoms with van der Waals surface area (Å²) in [5.41, 5.74) is 4.78. The lowest BCUT2D eigenvalue weighted by Crippen LogP contribution is -2.14. The Morgan fingerprint density at radius 2 is 2.00 bits per heavy atom. The van der Waals surface area contributed by atoms with E-state index in [0.29, 0.717) is 6.42 Å². The average molecular weight is 372 g/mol. The van der Waals surface area contributed by atoms with Crippen molar-refractivity contribution in [1.29, 1.82) is 0 Å². The van der Waals surface area contributed by atoms with E-state index in [1.807, 2.05) is 76.9 Å². The second-order valence-corrected chi connectivity index (χ2v) is 7.25. The summed E-state index contributed by atoms with van der Waals surface area (Å²) in [6.07, 6.45) is 6.24. The molecule has 5 rings (SSSR count). The summed E-state index contributed by atoms with van der Waals surface area (Å²) in [4.78, 5) is 21.2. The van der Waals surface area contributed by atoms with Crippen molar-refractivity contribution < 1.29 is 4.79 Å². The minimum atomic E-state index is -0.0324. The van der Waals surface area contributed by atoms with E-state index in [0.717, 1.165) is 38.4 Å². The molecular weight excluding hydrogens is 356 g/mol. The van der Waals surface area contributed by atoms with Crippen LogP contribution in [-0.2, 0) is 11.2 Å². The zero-order valence-corrected chi connectivity index (χ0v) is 15.2. The van der Waals surface area contributed by atoms with Gasteiger partial charge in [0, 0.05) is 46.1 Å². The lowest BCUT2D eigenvalue weighted by molar-refractivity contribution is -0.115. The largest absolute Gasteiger partial charge is 0.361 e. The number of amides is 1. The first kappa shape index (κ1) is 15.8. The number of H-pyrrole nitrogens is 1. The number of imidazole rings is 1. The number of carbonyl (C=O) groups is 1. The normalized spacial score (nSPS) is 11.3. The Bertz CT molecular complexity index is 1220. The van der Waals surface area contributed by atoms with Gasteiger partial charge in [-0.25, -0.2) is 4.98 Å². The summed E-state index contributed by atoms with van der Waals surface area (Å²) in [5.74, 6) is -0.0324. The molecule has 3 aromatic heterocycles. The molecule has 0 spiro atoms. The Morgan fingerprint density at radius 3 is 2.85 bits per heavy atom. The summed E-state index contributed by atoms with van der Waals surface area (Å²) in [7, 11) is 0. The van der Waals surface area contributed by atoms with E-state index in [1.165, 1.54) is 0 Å². The molecule has 3 heterocycles. The fourth-order valence-corrected chi connectivity index (χ4v) is 3.95. The molecule has 0 radical (unpaired) electrons. The Balaban J connectivity index is 1.30. The number of para-hydroxylation sites is 1. The van der Waals surface area contributed by atoms with Crippen molar-refractivity contribution in [2.75, 3.05) is 5.32 Å². The second-order valence-electron chi connectivity index (χ2n) is 6.38. The van der Waals surface area contributed by atoms with Gasteiger partial charge in [0.25, 0.3) is 0 Å². The molecule has 1 amide bonds. The minimum Gasteiger partial charge on any atom is -0.361 e. The van der Waals surface area contributed by atoms with Crippen LogP contribution in [0.1, 0.15) is 5.56 Å². The summed E-state index contributed by atoms with van der Waals surface area (Å²) in [6, 6.07) is 15.8. The highest BCUT2D eigenvalue weighted by Gasteiger charge is 2.10. The lowest BCUT2D eigenvalue weighted by atomic mass is 10.1. The van der Waals surface area contributed by atoms with Gasteiger partial charge in [0.05, 0.1) is 12.1 Å². The topological polar surface area (TPSA) is 62.2 Å². The summed E-state index contributed by atoms with van der Waals surface area (Å²) >= 11 is 1.61. The van der Waals surface area contributed by atoms with Gasteiger partial charge in [-0.2, -0.15) is 0 Å². The van der Waals surface area contributed by atoms with Crippen molar-refractivity contribution in [3.63, 3.8) is 0 Å². The number of rotatable bonds is 4. The number of hydrogen-bond donors (Lipinski definition) is 2. The quantitative estimate of drug-likeness (QED) is 0.479. The molecule has 0 saturated carbocycles. The van der Waals surface area contributed by atoms with Crippen LogP contribution in [0.3, 0.4) is 0 Å². The second kappa shape index (κ2) is 6.41. The third kappa shape index (κ3) is 3.00. The monoisotopic (exact) mass is 372 g/mol. The molecule has 0 aliphatic carbocycles. The van der Waals surface area contributed by atoms with Crippen LogP contribution in [-0.4, -0.2) is 20.3 Å². The van der Waals surface area contributed by atoms with E-state index >= 15 is 0 Å². The highest BCUT2D eigenvalue weighted by atomic mass is 32.1. The van der Waals surface area contributed by atoms with Gasteiger partial charge in [-0.1, -0.05) is 30.3 Å². The Hall–Kier alpha value is -3.38. The van der Waals surface area contributed by atoms with Gasteiger partial charge in [-0.15, -0.1) is 11.3 Å². The summed E-state index contributed by atoms with van der Waals surface area (Å²) in [6.45, 7) is 0. The average Bonchev–Trinajstić information content (AvgIpc) is 3.38. The van der Waals surface area contributed by atoms with E-state index in [4.69, 9.17) is 0 Å². The minimum absolute atomic E-state index is 0.0324. The fraction of sp³-hybridized carbons (Fsp3) is 0.0476. The van der Waals surface area contributed by atoms with E-state index in [-0.39, 0.29) is 5.91 Å². The van der Waals surface area contributed by atoms with Crippen LogP contribution in [0.5, 0.6) is 0 Å². The molecule has 0 aliphatic rings. The van der Waals surface area contributed by atoms with E-state index in [1.54, 1.807) is 11.3 Å². The van der Waals surface area contributed by atoms with E-state index < -0.39 is 0 Å². The van der Waals surface area contributed by atoms with Crippen LogP contribution < -0.4 is 5.32 Å². The lowest BCUT2D eigenvalue weighted by Gasteiger charge is -2.06. The van der Waals surface area contributed by atoms with Crippen LogP contribution in [0.2, 0.25) is 0 Å². The van der Waals surface area contributed by atoms with Gasteiger partial charge in [0.15, 0.2) is 4.96 Å². The predicted octanol–water partition coefficient (Wildman–Crippen LogP) is 4.73. The molecule has 27 heavy (non-hydrogen) atoms. The number of carbonyl (C=O) groups excluding carboxylic acids is 1. The highest BCUT2D eigenvalue weighted by Crippen LogP contribution is 2.23. The van der Waals surface area contributed by atoms with Crippen molar-refractivity contribution in [2.45, 2.75) is 6.42 Å². The number of hydrogen-bond acceptors (Lipinski definition) is 3. The highest BCUT2D eigenvalue weighted by molar-refractivity contribution is 7.15. The third-order valence-corrected chi connectivity index (χ3v) is 5.35. The van der Waals surface area contributed by atoms with Crippen LogP contribution in [0.4, 0.5) is 5.69 Å². The van der Waals surface area contributed by atoms with Crippen molar-refractivity contribution in [2.24, 2.45) is 0 Å². The van der Waals surface area contributed by atoms with Gasteiger partial charge in [-0.3, -0.25) is 9.20 Å². The molecule has 5 aromatic rings. The number of anilines is 1. The smallest absolute Gasteiger partial charge is 0.228 e. The molecular formula is C21H16N4OS. The summed E-state index contributed by atoms with van der Waals surface area (Å²) in [5, 5.41) is 6.07. The van der Waals surface area contributed by atoms with Crippen molar-refractivity contribution in [1.82, 2.24) is 14.4 Å². The van der Waals surface area contributed by atoms with Gasteiger partial charge in [0.1, 0.15) is 0 Å². The molecule has 0 saturated heterocycles. The fourth-order valence-electron chi connectivity index (χ4n) is 3.25. The van der Waals surface area contributed by atoms with Crippen LogP contribution in [0.25, 0.3) is 27.1 Å². The van der Waals surface area contributed by atoms with E-state index in [9.17, 15) is 4.79 Å². The molecule has 0 aliphatic heterocycles. The first-order valence-corrected chi connectivity index (χ1v) is 9.52. The number of fused-ring (bicyclic) bond motifs is 2. The molecule has 0 unspecified atom stereocenters. The first-order valence-electron chi connectivity index (χ1n) is 8.64. The van der Waals surface area contributed by atoms with Crippen molar-refractivity contribution in [3.8, 4) is 11.3 Å². The number of aromatic nitrogens is 3. The zero-order valence-electron chi connectivity index (χ0n) is 14.3. The molecule has 6 heteroatoms. The van der Waals surface area contributed by atoms with Gasteiger partial charge < -0.3 is 10.3 Å². The Kier molecular flexibility index (Phi) is 3.76. The number of benzene rings is 2. The van der Waals surface area contributed by atoms with Crippen LogP contribution in [0.15, 0.2) is 72.5 Å². The molecule has 5 nitrogen and oxygen atoms in total. The number of nitrogens with one attached hydrogen (secondary N) is 2. The van der Waals surface area contributed by atoms with E-state index in [2.05, 4.69) is 15.3 Å². The van der Waals surface area contributed by atoms with Crippen LogP contribution >= 0.6 is 11.3 Å². The summed E-state index contributed by atoms with van der Waals surface area (Å²) < 4.78 is 2.01. The number of nitrogens with zero attached hydrogens (tertiary/aromatic N) is 2. The van der Waals surface area contributed by atoms with Gasteiger partial charge >= 0.3 is 0 Å². The molecule has 132 valence electrons. The van der Waals surface area contributed by atoms with Gasteiger partial charge in [0.2, 0.25) is 5.91 Å². The first-order chi connectivity index (χ1) is 13.3. The molecule has 0 bridgehead atoms. The molecule has 0 fully saturated rings. The van der Waals surface area contributed by atoms with Crippen LogP contribution in [0, 0.1) is 0 Å². The van der Waals surface area contributed by atoms with Crippen molar-refractivity contribution >= 4 is 38.8 Å².